The number of nitrogens with one attached hydrogen (secondary N) is 1. The summed E-state index contributed by atoms with van der Waals surface area (Å²) in [5.74, 6) is 1.67. The van der Waals surface area contributed by atoms with E-state index in [0.717, 1.165) is 48.6 Å². The summed E-state index contributed by atoms with van der Waals surface area (Å²) in [6.45, 7) is 1.96. The average molecular weight is 547 g/mol. The predicted molar refractivity (Wildman–Crippen MR) is 154 cm³/mol. The van der Waals surface area contributed by atoms with E-state index in [4.69, 9.17) is 19.4 Å². The molecule has 2 aromatic carbocycles. The number of aromatic hydroxyl groups is 1. The monoisotopic (exact) mass is 546 g/mol. The van der Waals surface area contributed by atoms with E-state index in [0.29, 0.717) is 39.9 Å². The highest BCUT2D eigenvalue weighted by atomic mass is 16.5. The topological polar surface area (TPSA) is 123 Å². The molecule has 10 nitrogen and oxygen atoms in total. The van der Waals surface area contributed by atoms with Crippen molar-refractivity contribution in [2.24, 2.45) is 0 Å². The molecule has 0 aliphatic carbocycles. The Labute approximate surface area is 235 Å². The molecular weight excluding hydrogens is 520 g/mol. The minimum absolute atomic E-state index is 0.00443. The van der Waals surface area contributed by atoms with Crippen molar-refractivity contribution in [3.8, 4) is 34.3 Å². The van der Waals surface area contributed by atoms with Gasteiger partial charge < -0.3 is 24.8 Å². The van der Waals surface area contributed by atoms with E-state index < -0.39 is 5.91 Å². The lowest BCUT2D eigenvalue weighted by Crippen LogP contribution is -2.40. The Balaban J connectivity index is 1.14. The molecule has 41 heavy (non-hydrogen) atoms. The first-order valence-electron chi connectivity index (χ1n) is 13.4. The summed E-state index contributed by atoms with van der Waals surface area (Å²) in [5.41, 5.74) is 4.31. The molecule has 0 spiro atoms. The lowest BCUT2D eigenvalue weighted by atomic mass is 9.85. The number of aromatic nitrogens is 4. The molecule has 0 saturated carbocycles. The molecule has 2 bridgehead atoms. The van der Waals surface area contributed by atoms with Crippen LogP contribution in [0, 0.1) is 0 Å². The van der Waals surface area contributed by atoms with E-state index in [-0.39, 0.29) is 11.6 Å². The van der Waals surface area contributed by atoms with Gasteiger partial charge in [0.2, 0.25) is 5.82 Å². The number of nitrogens with zero attached hydrogens (tertiary/aromatic N) is 5. The molecule has 1 saturated heterocycles. The number of phenols is 1. The molecule has 1 fully saturated rings. The fraction of sp³-hybridized carbons (Fsp3) is 0.194. The first-order chi connectivity index (χ1) is 20.1. The van der Waals surface area contributed by atoms with Crippen LogP contribution in [0.1, 0.15) is 35.1 Å². The molecule has 6 heterocycles. The first-order valence-corrected chi connectivity index (χ1v) is 13.4. The normalized spacial score (nSPS) is 14.1. The molecule has 5 aromatic rings. The third kappa shape index (κ3) is 4.53. The maximum absolute atomic E-state index is 13.3. The Morgan fingerprint density at radius 2 is 1.83 bits per heavy atom. The van der Waals surface area contributed by atoms with Crippen molar-refractivity contribution < 1.29 is 19.4 Å². The number of amides is 1. The standard InChI is InChI=1S/C31H26N6O4/c1-40-25-15-21-22(16-23(25)38)32-12-9-24(21)41-20-7-8-26(33-17-20)34-31(39)30-35-27(18-5-3-2-4-6-18)29-28(36-30)19-10-13-37(29)14-11-19/h2-9,12,15-17,19,38H,10-11,13-14H2,1H3,(H,33,34,39). The maximum atomic E-state index is 13.3. The van der Waals surface area contributed by atoms with E-state index in [2.05, 4.69) is 20.2 Å². The number of anilines is 2. The van der Waals surface area contributed by atoms with Crippen molar-refractivity contribution in [2.75, 3.05) is 30.4 Å². The van der Waals surface area contributed by atoms with Crippen molar-refractivity contribution in [3.63, 3.8) is 0 Å². The molecule has 3 aliphatic heterocycles. The predicted octanol–water partition coefficient (Wildman–Crippen LogP) is 5.54. The quantitative estimate of drug-likeness (QED) is 0.282. The number of carbonyl (C=O) groups is 1. The van der Waals surface area contributed by atoms with Crippen molar-refractivity contribution in [3.05, 3.63) is 84.6 Å². The summed E-state index contributed by atoms with van der Waals surface area (Å²) in [7, 11) is 1.48. The van der Waals surface area contributed by atoms with Crippen molar-refractivity contribution in [1.82, 2.24) is 19.9 Å². The number of benzene rings is 2. The molecule has 1 amide bonds. The number of phenolic OH excluding ortho intramolecular Hbond substituents is 1. The zero-order valence-electron chi connectivity index (χ0n) is 22.2. The van der Waals surface area contributed by atoms with Gasteiger partial charge in [0.15, 0.2) is 11.5 Å². The second-order valence-electron chi connectivity index (χ2n) is 10.0. The van der Waals surface area contributed by atoms with E-state index >= 15 is 0 Å². The minimum Gasteiger partial charge on any atom is -0.504 e. The molecular formula is C31H26N6O4. The minimum atomic E-state index is -0.422. The number of ether oxygens (including phenoxy) is 2. The number of piperidine rings is 1. The van der Waals surface area contributed by atoms with Crippen LogP contribution in [-0.4, -0.2) is 51.1 Å². The van der Waals surface area contributed by atoms with Crippen LogP contribution >= 0.6 is 0 Å². The second kappa shape index (κ2) is 10.1. The number of rotatable bonds is 6. The van der Waals surface area contributed by atoms with E-state index in [1.165, 1.54) is 19.4 Å². The number of pyridine rings is 2. The fourth-order valence-electron chi connectivity index (χ4n) is 5.55. The lowest BCUT2D eigenvalue weighted by Gasteiger charge is -2.42. The Kier molecular flexibility index (Phi) is 6.07. The summed E-state index contributed by atoms with van der Waals surface area (Å²) in [4.78, 5) is 33.8. The number of hydrogen-bond acceptors (Lipinski definition) is 9. The summed E-state index contributed by atoms with van der Waals surface area (Å²) in [6.07, 6.45) is 5.18. The lowest BCUT2D eigenvalue weighted by molar-refractivity contribution is 0.101. The number of fused-ring (bicyclic) bond motifs is 3. The average Bonchev–Trinajstić information content (AvgIpc) is 3.02. The van der Waals surface area contributed by atoms with Gasteiger partial charge in [-0.15, -0.1) is 0 Å². The third-order valence-electron chi connectivity index (χ3n) is 7.57. The zero-order chi connectivity index (χ0) is 27.9. The highest BCUT2D eigenvalue weighted by molar-refractivity contribution is 6.02. The molecule has 3 aromatic heterocycles. The van der Waals surface area contributed by atoms with Crippen LogP contribution < -0.4 is 19.7 Å². The molecule has 0 unspecified atom stereocenters. The van der Waals surface area contributed by atoms with Crippen LogP contribution in [-0.2, 0) is 0 Å². The summed E-state index contributed by atoms with van der Waals surface area (Å²) >= 11 is 0. The highest BCUT2D eigenvalue weighted by Gasteiger charge is 2.36. The van der Waals surface area contributed by atoms with Crippen LogP contribution in [0.2, 0.25) is 0 Å². The van der Waals surface area contributed by atoms with Crippen LogP contribution in [0.5, 0.6) is 23.0 Å². The van der Waals surface area contributed by atoms with Gasteiger partial charge in [-0.1, -0.05) is 30.3 Å². The van der Waals surface area contributed by atoms with Gasteiger partial charge in [-0.2, -0.15) is 0 Å². The molecule has 2 N–H and O–H groups in total. The zero-order valence-corrected chi connectivity index (χ0v) is 22.2. The highest BCUT2D eigenvalue weighted by Crippen LogP contribution is 2.45. The molecule has 3 aliphatic rings. The fourth-order valence-corrected chi connectivity index (χ4v) is 5.55. The van der Waals surface area contributed by atoms with Crippen LogP contribution in [0.4, 0.5) is 11.5 Å². The van der Waals surface area contributed by atoms with E-state index in [1.54, 1.807) is 30.5 Å². The third-order valence-corrected chi connectivity index (χ3v) is 7.57. The van der Waals surface area contributed by atoms with Gasteiger partial charge in [-0.25, -0.2) is 15.0 Å². The molecule has 8 rings (SSSR count). The van der Waals surface area contributed by atoms with Crippen LogP contribution in [0.15, 0.2) is 73.1 Å². The van der Waals surface area contributed by atoms with Crippen LogP contribution in [0.3, 0.4) is 0 Å². The Morgan fingerprint density at radius 3 is 2.59 bits per heavy atom. The van der Waals surface area contributed by atoms with E-state index in [9.17, 15) is 9.90 Å². The maximum Gasteiger partial charge on any atom is 0.294 e. The Bertz CT molecular complexity index is 1770. The number of hydrogen-bond donors (Lipinski definition) is 2. The second-order valence-corrected chi connectivity index (χ2v) is 10.0. The summed E-state index contributed by atoms with van der Waals surface area (Å²) in [6, 6.07) is 18.2. The Morgan fingerprint density at radius 1 is 1.00 bits per heavy atom. The van der Waals surface area contributed by atoms with Crippen molar-refractivity contribution in [2.45, 2.75) is 18.8 Å². The Hall–Kier alpha value is -5.25. The van der Waals surface area contributed by atoms with E-state index in [1.807, 2.05) is 30.3 Å². The van der Waals surface area contributed by atoms with Gasteiger partial charge in [0.1, 0.15) is 17.3 Å². The van der Waals surface area contributed by atoms with Crippen molar-refractivity contribution >= 4 is 28.3 Å². The largest absolute Gasteiger partial charge is 0.504 e. The van der Waals surface area contributed by atoms with Gasteiger partial charge in [0.25, 0.3) is 5.91 Å². The van der Waals surface area contributed by atoms with Gasteiger partial charge in [0.05, 0.1) is 35.9 Å². The molecule has 0 radical (unpaired) electrons. The van der Waals surface area contributed by atoms with Gasteiger partial charge in [-0.05, 0) is 37.1 Å². The molecule has 10 heteroatoms. The smallest absolute Gasteiger partial charge is 0.294 e. The summed E-state index contributed by atoms with van der Waals surface area (Å²) < 4.78 is 11.3. The molecule has 0 atom stereocenters. The van der Waals surface area contributed by atoms with Gasteiger partial charge >= 0.3 is 0 Å². The number of methoxy groups -OCH3 is 1. The summed E-state index contributed by atoms with van der Waals surface area (Å²) in [5, 5.41) is 13.6. The van der Waals surface area contributed by atoms with Crippen LogP contribution in [0.25, 0.3) is 22.2 Å². The SMILES string of the molecule is COc1cc2c(Oc3ccc(NC(=O)c4nc(-c5ccccc5)c5c(n4)C4CCN5CC4)nc3)ccnc2cc1O. The molecule has 204 valence electrons. The number of carbonyl (C=O) groups excluding carboxylic acids is 1. The first kappa shape index (κ1) is 24.8. The van der Waals surface area contributed by atoms with Gasteiger partial charge in [0, 0.05) is 42.2 Å². The van der Waals surface area contributed by atoms with Crippen molar-refractivity contribution in [1.29, 1.82) is 0 Å². The van der Waals surface area contributed by atoms with Gasteiger partial charge in [-0.3, -0.25) is 9.78 Å².